The quantitative estimate of drug-likeness (QED) is 0.873. The first-order chi connectivity index (χ1) is 10.3. The van der Waals surface area contributed by atoms with Crippen molar-refractivity contribution >= 4 is 5.82 Å². The summed E-state index contributed by atoms with van der Waals surface area (Å²) in [4.78, 5) is 12.3. The summed E-state index contributed by atoms with van der Waals surface area (Å²) in [5.74, 6) is 1.85. The molecule has 1 saturated carbocycles. The highest BCUT2D eigenvalue weighted by Crippen LogP contribution is 2.29. The Morgan fingerprint density at radius 1 is 1.24 bits per heavy atom. The minimum atomic E-state index is 0.287. The number of nitrogens with zero attached hydrogens (tertiary/aromatic N) is 4. The number of rotatable bonds is 6. The lowest BCUT2D eigenvalue weighted by Crippen LogP contribution is -2.05. The van der Waals surface area contributed by atoms with Crippen LogP contribution in [0.15, 0.2) is 30.7 Å². The Hall–Kier alpha value is -2.68. The number of ether oxygens (including phenoxy) is 1. The van der Waals surface area contributed by atoms with Gasteiger partial charge in [-0.25, -0.2) is 15.0 Å². The van der Waals surface area contributed by atoms with E-state index < -0.39 is 0 Å². The van der Waals surface area contributed by atoms with Crippen molar-refractivity contribution in [2.45, 2.75) is 19.4 Å². The predicted molar refractivity (Wildman–Crippen MR) is 76.5 cm³/mol. The van der Waals surface area contributed by atoms with Crippen molar-refractivity contribution in [3.05, 3.63) is 42.0 Å². The molecule has 0 atom stereocenters. The Kier molecular flexibility index (Phi) is 3.92. The minimum Gasteiger partial charge on any atom is -0.477 e. The summed E-state index contributed by atoms with van der Waals surface area (Å²) in [7, 11) is 0. The average Bonchev–Trinajstić information content (AvgIpc) is 3.36. The topological polar surface area (TPSA) is 83.7 Å². The molecule has 2 aromatic rings. The van der Waals surface area contributed by atoms with Crippen LogP contribution in [0.3, 0.4) is 0 Å². The maximum atomic E-state index is 8.94. The van der Waals surface area contributed by atoms with Gasteiger partial charge in [-0.3, -0.25) is 0 Å². The Bertz CT molecular complexity index is 646. The first kappa shape index (κ1) is 13.3. The van der Waals surface area contributed by atoms with Crippen molar-refractivity contribution in [1.29, 1.82) is 5.26 Å². The first-order valence-electron chi connectivity index (χ1n) is 6.88. The van der Waals surface area contributed by atoms with Crippen LogP contribution in [-0.4, -0.2) is 21.6 Å². The number of anilines is 1. The van der Waals surface area contributed by atoms with Gasteiger partial charge in [0.05, 0.1) is 6.61 Å². The molecule has 1 fully saturated rings. The van der Waals surface area contributed by atoms with Gasteiger partial charge in [-0.2, -0.15) is 5.26 Å². The van der Waals surface area contributed by atoms with E-state index in [1.807, 2.05) is 18.2 Å². The van der Waals surface area contributed by atoms with Crippen LogP contribution in [-0.2, 0) is 6.54 Å². The van der Waals surface area contributed by atoms with Gasteiger partial charge in [0.15, 0.2) is 11.5 Å². The van der Waals surface area contributed by atoms with E-state index in [1.165, 1.54) is 19.0 Å². The summed E-state index contributed by atoms with van der Waals surface area (Å²) in [6.45, 7) is 1.29. The van der Waals surface area contributed by atoms with Gasteiger partial charge >= 0.3 is 0 Å². The third-order valence-electron chi connectivity index (χ3n) is 3.23. The van der Waals surface area contributed by atoms with Crippen molar-refractivity contribution in [3.63, 3.8) is 0 Å². The van der Waals surface area contributed by atoms with E-state index in [2.05, 4.69) is 20.3 Å². The minimum absolute atomic E-state index is 0.287. The number of nitriles is 1. The molecular formula is C15H15N5O. The summed E-state index contributed by atoms with van der Waals surface area (Å²) in [6, 6.07) is 5.81. The van der Waals surface area contributed by atoms with Crippen LogP contribution in [0.25, 0.3) is 0 Å². The number of hydrogen-bond donors (Lipinski definition) is 1. The van der Waals surface area contributed by atoms with Crippen LogP contribution in [0.4, 0.5) is 5.82 Å². The van der Waals surface area contributed by atoms with Gasteiger partial charge in [-0.15, -0.1) is 0 Å². The maximum Gasteiger partial charge on any atom is 0.213 e. The van der Waals surface area contributed by atoms with Crippen molar-refractivity contribution < 1.29 is 4.74 Å². The standard InChI is InChI=1S/C15H15N5O/c16-7-13-15(18-6-5-17-13)20-9-12-3-4-14(19-8-12)21-10-11-1-2-11/h3-6,8,11H,1-2,9-10H2,(H,18,20). The normalized spacial score (nSPS) is 13.5. The van der Waals surface area contributed by atoms with E-state index in [4.69, 9.17) is 10.00 Å². The second-order valence-electron chi connectivity index (χ2n) is 4.98. The van der Waals surface area contributed by atoms with Crippen LogP contribution >= 0.6 is 0 Å². The van der Waals surface area contributed by atoms with Gasteiger partial charge < -0.3 is 10.1 Å². The van der Waals surface area contributed by atoms with Crippen molar-refractivity contribution in [3.8, 4) is 11.9 Å². The number of aromatic nitrogens is 3. The van der Waals surface area contributed by atoms with Gasteiger partial charge in [0.1, 0.15) is 6.07 Å². The van der Waals surface area contributed by atoms with E-state index in [0.717, 1.165) is 12.2 Å². The Labute approximate surface area is 122 Å². The van der Waals surface area contributed by atoms with Crippen LogP contribution in [0.5, 0.6) is 5.88 Å². The van der Waals surface area contributed by atoms with Gasteiger partial charge in [0.2, 0.25) is 5.88 Å². The molecule has 2 aromatic heterocycles. The summed E-state index contributed by atoms with van der Waals surface area (Å²) in [5.41, 5.74) is 1.28. The lowest BCUT2D eigenvalue weighted by Gasteiger charge is -2.07. The molecule has 1 N–H and O–H groups in total. The molecule has 0 bridgehead atoms. The number of hydrogen-bond acceptors (Lipinski definition) is 6. The summed E-state index contributed by atoms with van der Waals surface area (Å²) < 4.78 is 5.59. The lowest BCUT2D eigenvalue weighted by atomic mass is 10.3. The SMILES string of the molecule is N#Cc1nccnc1NCc1ccc(OCC2CC2)nc1. The Morgan fingerprint density at radius 2 is 2.10 bits per heavy atom. The summed E-state index contributed by atoms with van der Waals surface area (Å²) >= 11 is 0. The van der Waals surface area contributed by atoms with Crippen LogP contribution < -0.4 is 10.1 Å². The van der Waals surface area contributed by atoms with Gasteiger partial charge in [-0.05, 0) is 24.3 Å². The van der Waals surface area contributed by atoms with E-state index in [9.17, 15) is 0 Å². The molecule has 0 saturated heterocycles. The molecule has 1 aliphatic rings. The molecule has 0 spiro atoms. The zero-order valence-corrected chi connectivity index (χ0v) is 11.5. The van der Waals surface area contributed by atoms with Crippen LogP contribution in [0.2, 0.25) is 0 Å². The smallest absolute Gasteiger partial charge is 0.213 e. The monoisotopic (exact) mass is 281 g/mol. The number of pyridine rings is 1. The largest absolute Gasteiger partial charge is 0.477 e. The second-order valence-corrected chi connectivity index (χ2v) is 4.98. The molecule has 21 heavy (non-hydrogen) atoms. The second kappa shape index (κ2) is 6.18. The van der Waals surface area contributed by atoms with Crippen molar-refractivity contribution in [2.75, 3.05) is 11.9 Å². The molecule has 0 unspecified atom stereocenters. The predicted octanol–water partition coefficient (Wildman–Crippen LogP) is 2.14. The van der Waals surface area contributed by atoms with E-state index in [1.54, 1.807) is 12.4 Å². The Balaban J connectivity index is 1.56. The molecular weight excluding hydrogens is 266 g/mol. The summed E-state index contributed by atoms with van der Waals surface area (Å²) in [5, 5.41) is 12.0. The molecule has 0 radical (unpaired) electrons. The maximum absolute atomic E-state index is 8.94. The van der Waals surface area contributed by atoms with Gasteiger partial charge in [0.25, 0.3) is 0 Å². The van der Waals surface area contributed by atoms with Gasteiger partial charge in [0, 0.05) is 31.2 Å². The number of nitrogens with one attached hydrogen (secondary N) is 1. The first-order valence-corrected chi connectivity index (χ1v) is 6.88. The fraction of sp³-hybridized carbons (Fsp3) is 0.333. The molecule has 0 aliphatic heterocycles. The van der Waals surface area contributed by atoms with E-state index >= 15 is 0 Å². The highest BCUT2D eigenvalue weighted by Gasteiger charge is 2.21. The Morgan fingerprint density at radius 3 is 2.81 bits per heavy atom. The van der Waals surface area contributed by atoms with E-state index in [0.29, 0.717) is 24.2 Å². The zero-order valence-electron chi connectivity index (χ0n) is 11.5. The summed E-state index contributed by atoms with van der Waals surface area (Å²) in [6.07, 6.45) is 7.34. The van der Waals surface area contributed by atoms with Crippen LogP contribution in [0, 0.1) is 17.2 Å². The van der Waals surface area contributed by atoms with Crippen molar-refractivity contribution in [1.82, 2.24) is 15.0 Å². The highest BCUT2D eigenvalue weighted by atomic mass is 16.5. The highest BCUT2D eigenvalue weighted by molar-refractivity contribution is 5.46. The molecule has 3 rings (SSSR count). The third-order valence-corrected chi connectivity index (χ3v) is 3.23. The average molecular weight is 281 g/mol. The molecule has 106 valence electrons. The molecule has 1 aliphatic carbocycles. The molecule has 0 aromatic carbocycles. The fourth-order valence-electron chi connectivity index (χ4n) is 1.82. The van der Waals surface area contributed by atoms with E-state index in [-0.39, 0.29) is 5.69 Å². The van der Waals surface area contributed by atoms with Gasteiger partial charge in [-0.1, -0.05) is 6.07 Å². The molecule has 2 heterocycles. The fourth-order valence-corrected chi connectivity index (χ4v) is 1.82. The third kappa shape index (κ3) is 3.66. The lowest BCUT2D eigenvalue weighted by molar-refractivity contribution is 0.288. The van der Waals surface area contributed by atoms with Crippen LogP contribution in [0.1, 0.15) is 24.1 Å². The molecule has 6 heteroatoms. The molecule has 0 amide bonds. The molecule has 6 nitrogen and oxygen atoms in total. The van der Waals surface area contributed by atoms with Crippen molar-refractivity contribution in [2.24, 2.45) is 5.92 Å². The zero-order chi connectivity index (χ0) is 14.5.